The average molecular weight is 319 g/mol. The number of nitrogens with two attached hydrogens (primary N) is 1. The number of aromatic nitrogens is 1. The van der Waals surface area contributed by atoms with Gasteiger partial charge in [-0.1, -0.05) is 6.92 Å². The van der Waals surface area contributed by atoms with Crippen LogP contribution in [0.15, 0.2) is 12.1 Å². The lowest BCUT2D eigenvalue weighted by molar-refractivity contribution is -0.148. The van der Waals surface area contributed by atoms with Crippen LogP contribution in [0.25, 0.3) is 0 Å². The first-order valence-electron chi connectivity index (χ1n) is 8.02. The van der Waals surface area contributed by atoms with Crippen molar-refractivity contribution in [1.29, 1.82) is 0 Å². The lowest BCUT2D eigenvalue weighted by Crippen LogP contribution is -2.48. The second-order valence-corrected chi connectivity index (χ2v) is 5.89. The van der Waals surface area contributed by atoms with Crippen molar-refractivity contribution in [2.24, 2.45) is 0 Å². The minimum atomic E-state index is -0.618. The molecule has 0 spiro atoms. The maximum atomic E-state index is 12.5. The fourth-order valence-corrected chi connectivity index (χ4v) is 2.99. The third-order valence-electron chi connectivity index (χ3n) is 4.19. The number of anilines is 2. The van der Waals surface area contributed by atoms with E-state index >= 15 is 0 Å². The predicted octanol–water partition coefficient (Wildman–Crippen LogP) is 1.65. The molecule has 7 nitrogen and oxygen atoms in total. The highest BCUT2D eigenvalue weighted by atomic mass is 16.5. The molecule has 7 heteroatoms. The maximum absolute atomic E-state index is 12.5. The van der Waals surface area contributed by atoms with Crippen LogP contribution in [-0.4, -0.2) is 35.6 Å². The molecule has 0 saturated heterocycles. The van der Waals surface area contributed by atoms with Crippen LogP contribution in [0.1, 0.15) is 39.0 Å². The topological polar surface area (TPSA) is 94.8 Å². The summed E-state index contributed by atoms with van der Waals surface area (Å²) in [5, 5.41) is 0. The van der Waals surface area contributed by atoms with Crippen molar-refractivity contribution in [1.82, 2.24) is 4.98 Å². The van der Waals surface area contributed by atoms with Gasteiger partial charge in [-0.25, -0.2) is 4.98 Å². The number of hydrogen-bond acceptors (Lipinski definition) is 6. The standard InChI is InChI=1S/C16H21N3O4/c1-2-11-16(21)19(9-14(20)22-10-5-3-4-6-10)15-12(23-11)7-8-13(17)18-15/h7-8,10-11H,2-6,9H2,1H3,(H2,17,18). The van der Waals surface area contributed by atoms with Gasteiger partial charge in [0.2, 0.25) is 0 Å². The van der Waals surface area contributed by atoms with Crippen LogP contribution in [0.3, 0.4) is 0 Å². The molecule has 1 aromatic rings. The minimum Gasteiger partial charge on any atom is -0.477 e. The number of hydrogen-bond donors (Lipinski definition) is 1. The maximum Gasteiger partial charge on any atom is 0.326 e. The Morgan fingerprint density at radius 3 is 2.87 bits per heavy atom. The second kappa shape index (κ2) is 6.44. The molecule has 2 aliphatic rings. The van der Waals surface area contributed by atoms with Crippen LogP contribution >= 0.6 is 0 Å². The molecule has 0 radical (unpaired) electrons. The molecule has 1 atom stereocenters. The van der Waals surface area contributed by atoms with Crippen molar-refractivity contribution in [3.8, 4) is 5.75 Å². The Bertz CT molecular complexity index is 613. The molecular formula is C16H21N3O4. The first-order valence-corrected chi connectivity index (χ1v) is 8.02. The lowest BCUT2D eigenvalue weighted by atomic mass is 10.2. The average Bonchev–Trinajstić information content (AvgIpc) is 3.03. The molecule has 0 bridgehead atoms. The van der Waals surface area contributed by atoms with Gasteiger partial charge in [-0.3, -0.25) is 14.5 Å². The Balaban J connectivity index is 1.79. The van der Waals surface area contributed by atoms with Crippen molar-refractivity contribution in [3.05, 3.63) is 12.1 Å². The van der Waals surface area contributed by atoms with Crippen molar-refractivity contribution < 1.29 is 19.1 Å². The summed E-state index contributed by atoms with van der Waals surface area (Å²) in [6.45, 7) is 1.69. The highest BCUT2D eigenvalue weighted by Crippen LogP contribution is 2.33. The van der Waals surface area contributed by atoms with Crippen LogP contribution < -0.4 is 15.4 Å². The normalized spacial score (nSPS) is 21.0. The van der Waals surface area contributed by atoms with Gasteiger partial charge < -0.3 is 15.2 Å². The summed E-state index contributed by atoms with van der Waals surface area (Å²) in [6, 6.07) is 3.28. The molecule has 2 heterocycles. The number of pyridine rings is 1. The number of nitrogen functional groups attached to an aromatic ring is 1. The van der Waals surface area contributed by atoms with E-state index in [0.29, 0.717) is 12.2 Å². The zero-order valence-corrected chi connectivity index (χ0v) is 13.2. The van der Waals surface area contributed by atoms with Crippen LogP contribution in [0.4, 0.5) is 11.6 Å². The molecule has 124 valence electrons. The smallest absolute Gasteiger partial charge is 0.326 e. The van der Waals surface area contributed by atoms with E-state index in [0.717, 1.165) is 25.7 Å². The minimum absolute atomic E-state index is 0.0334. The SMILES string of the molecule is CCC1Oc2ccc(N)nc2N(CC(=O)OC2CCCC2)C1=O. The van der Waals surface area contributed by atoms with Crippen molar-refractivity contribution in [2.45, 2.75) is 51.2 Å². The van der Waals surface area contributed by atoms with Crippen molar-refractivity contribution in [2.75, 3.05) is 17.2 Å². The number of esters is 1. The molecule has 1 aromatic heterocycles. The second-order valence-electron chi connectivity index (χ2n) is 5.89. The Hall–Kier alpha value is -2.31. The summed E-state index contributed by atoms with van der Waals surface area (Å²) in [7, 11) is 0. The number of amides is 1. The predicted molar refractivity (Wildman–Crippen MR) is 84.1 cm³/mol. The van der Waals surface area contributed by atoms with E-state index in [1.807, 2.05) is 6.92 Å². The highest BCUT2D eigenvalue weighted by molar-refractivity contribution is 6.02. The highest BCUT2D eigenvalue weighted by Gasteiger charge is 2.36. The molecular weight excluding hydrogens is 298 g/mol. The zero-order valence-electron chi connectivity index (χ0n) is 13.2. The van der Waals surface area contributed by atoms with Crippen LogP contribution in [-0.2, 0) is 14.3 Å². The fraction of sp³-hybridized carbons (Fsp3) is 0.562. The van der Waals surface area contributed by atoms with Gasteiger partial charge in [-0.2, -0.15) is 0 Å². The molecule has 1 unspecified atom stereocenters. The van der Waals surface area contributed by atoms with Crippen LogP contribution in [0.2, 0.25) is 0 Å². The van der Waals surface area contributed by atoms with E-state index in [9.17, 15) is 9.59 Å². The Kier molecular flexibility index (Phi) is 4.36. The van der Waals surface area contributed by atoms with Gasteiger partial charge in [0.1, 0.15) is 18.5 Å². The molecule has 2 N–H and O–H groups in total. The number of nitrogens with zero attached hydrogens (tertiary/aromatic N) is 2. The molecule has 1 amide bonds. The van der Waals surface area contributed by atoms with Crippen molar-refractivity contribution >= 4 is 23.5 Å². The summed E-state index contributed by atoms with van der Waals surface area (Å²) in [5.74, 6) is 0.297. The first-order chi connectivity index (χ1) is 11.1. The Morgan fingerprint density at radius 2 is 2.17 bits per heavy atom. The van der Waals surface area contributed by atoms with E-state index in [1.54, 1.807) is 12.1 Å². The molecule has 1 saturated carbocycles. The summed E-state index contributed by atoms with van der Waals surface area (Å²) >= 11 is 0. The Morgan fingerprint density at radius 1 is 1.43 bits per heavy atom. The van der Waals surface area contributed by atoms with Gasteiger partial charge in [0.25, 0.3) is 5.91 Å². The number of ether oxygens (including phenoxy) is 2. The number of carbonyl (C=O) groups excluding carboxylic acids is 2. The Labute approximate surface area is 134 Å². The fourth-order valence-electron chi connectivity index (χ4n) is 2.99. The summed E-state index contributed by atoms with van der Waals surface area (Å²) < 4.78 is 11.1. The number of carbonyl (C=O) groups is 2. The third kappa shape index (κ3) is 3.23. The van der Waals surface area contributed by atoms with Gasteiger partial charge in [0.05, 0.1) is 0 Å². The van der Waals surface area contributed by atoms with Gasteiger partial charge in [0.15, 0.2) is 17.7 Å². The van der Waals surface area contributed by atoms with Crippen LogP contribution in [0.5, 0.6) is 5.75 Å². The molecule has 0 aromatic carbocycles. The molecule has 1 aliphatic heterocycles. The monoisotopic (exact) mass is 319 g/mol. The summed E-state index contributed by atoms with van der Waals surface area (Å²) in [5.41, 5.74) is 5.70. The molecule has 1 fully saturated rings. The molecule has 1 aliphatic carbocycles. The summed E-state index contributed by atoms with van der Waals surface area (Å²) in [6.07, 6.45) is 3.79. The van der Waals surface area contributed by atoms with E-state index in [-0.39, 0.29) is 30.2 Å². The van der Waals surface area contributed by atoms with Crippen LogP contribution in [0, 0.1) is 0 Å². The lowest BCUT2D eigenvalue weighted by Gasteiger charge is -2.32. The van der Waals surface area contributed by atoms with Gasteiger partial charge in [-0.15, -0.1) is 0 Å². The van der Waals surface area contributed by atoms with Crippen molar-refractivity contribution in [3.63, 3.8) is 0 Å². The van der Waals surface area contributed by atoms with E-state index in [4.69, 9.17) is 15.2 Å². The summed E-state index contributed by atoms with van der Waals surface area (Å²) in [4.78, 5) is 30.2. The number of fused-ring (bicyclic) bond motifs is 1. The molecule has 23 heavy (non-hydrogen) atoms. The quantitative estimate of drug-likeness (QED) is 0.848. The van der Waals surface area contributed by atoms with E-state index in [2.05, 4.69) is 4.98 Å². The first kappa shape index (κ1) is 15.6. The van der Waals surface area contributed by atoms with Gasteiger partial charge in [-0.05, 0) is 44.2 Å². The van der Waals surface area contributed by atoms with E-state index < -0.39 is 12.1 Å². The van der Waals surface area contributed by atoms with E-state index in [1.165, 1.54) is 4.90 Å². The largest absolute Gasteiger partial charge is 0.477 e. The number of rotatable bonds is 4. The third-order valence-corrected chi connectivity index (χ3v) is 4.19. The van der Waals surface area contributed by atoms with Gasteiger partial charge >= 0.3 is 5.97 Å². The molecule has 3 rings (SSSR count). The zero-order chi connectivity index (χ0) is 16.4. The van der Waals surface area contributed by atoms with Gasteiger partial charge in [0, 0.05) is 0 Å².